The molecule has 0 heterocycles. The van der Waals surface area contributed by atoms with Crippen molar-refractivity contribution in [3.63, 3.8) is 0 Å². The highest BCUT2D eigenvalue weighted by molar-refractivity contribution is 9.10. The number of rotatable bonds is 8. The molecule has 19 heavy (non-hydrogen) atoms. The van der Waals surface area contributed by atoms with Crippen LogP contribution in [-0.4, -0.2) is 52.2 Å². The van der Waals surface area contributed by atoms with Crippen LogP contribution in [0.3, 0.4) is 0 Å². The third-order valence-corrected chi connectivity index (χ3v) is 5.25. The van der Waals surface area contributed by atoms with E-state index < -0.39 is 15.9 Å². The zero-order chi connectivity index (χ0) is 14.3. The van der Waals surface area contributed by atoms with Gasteiger partial charge in [0, 0.05) is 24.7 Å². The maximum Gasteiger partial charge on any atom is 0.182 e. The summed E-state index contributed by atoms with van der Waals surface area (Å²) in [6.07, 6.45) is -0.950. The summed E-state index contributed by atoms with van der Waals surface area (Å²) in [6.45, 7) is 1.30. The van der Waals surface area contributed by atoms with Crippen LogP contribution in [0.15, 0.2) is 33.6 Å². The van der Waals surface area contributed by atoms with Gasteiger partial charge < -0.3 is 15.2 Å². The summed E-state index contributed by atoms with van der Waals surface area (Å²) in [7, 11) is -1.92. The zero-order valence-corrected chi connectivity index (χ0v) is 13.1. The zero-order valence-electron chi connectivity index (χ0n) is 10.7. The van der Waals surface area contributed by atoms with Crippen LogP contribution >= 0.6 is 15.9 Å². The fraction of sp³-hybridized carbons (Fsp3) is 0.500. The molecule has 2 N–H and O–H groups in total. The molecule has 0 aromatic heterocycles. The van der Waals surface area contributed by atoms with Crippen LogP contribution < -0.4 is 5.32 Å². The minimum absolute atomic E-state index is 0.200. The normalized spacial score (nSPS) is 13.4. The van der Waals surface area contributed by atoms with Gasteiger partial charge in [0.15, 0.2) is 9.84 Å². The molecule has 1 rings (SSSR count). The summed E-state index contributed by atoms with van der Waals surface area (Å²) in [6, 6.07) is 6.58. The van der Waals surface area contributed by atoms with Crippen molar-refractivity contribution in [1.29, 1.82) is 0 Å². The van der Waals surface area contributed by atoms with Crippen molar-refractivity contribution in [3.8, 4) is 0 Å². The SMILES string of the molecule is COCCNCC(O)CS(=O)(=O)c1ccccc1Br. The van der Waals surface area contributed by atoms with Gasteiger partial charge in [-0.05, 0) is 28.1 Å². The fourth-order valence-corrected chi connectivity index (χ4v) is 4.02. The number of aliphatic hydroxyl groups is 1. The number of hydrogen-bond acceptors (Lipinski definition) is 5. The topological polar surface area (TPSA) is 75.6 Å². The molecule has 108 valence electrons. The molecule has 0 aliphatic rings. The maximum atomic E-state index is 12.1. The average Bonchev–Trinajstić information content (AvgIpc) is 2.34. The Bertz CT molecular complexity index is 492. The number of aliphatic hydroxyl groups excluding tert-OH is 1. The van der Waals surface area contributed by atoms with Crippen molar-refractivity contribution in [3.05, 3.63) is 28.7 Å². The van der Waals surface area contributed by atoms with Gasteiger partial charge >= 0.3 is 0 Å². The average molecular weight is 352 g/mol. The van der Waals surface area contributed by atoms with E-state index in [0.717, 1.165) is 0 Å². The van der Waals surface area contributed by atoms with Crippen molar-refractivity contribution in [2.24, 2.45) is 0 Å². The van der Waals surface area contributed by atoms with E-state index in [2.05, 4.69) is 21.2 Å². The lowest BCUT2D eigenvalue weighted by molar-refractivity contribution is 0.174. The molecule has 0 amide bonds. The van der Waals surface area contributed by atoms with Crippen LogP contribution in [0, 0.1) is 0 Å². The van der Waals surface area contributed by atoms with Gasteiger partial charge in [-0.2, -0.15) is 0 Å². The van der Waals surface area contributed by atoms with Gasteiger partial charge in [-0.3, -0.25) is 0 Å². The first kappa shape index (κ1) is 16.6. The lowest BCUT2D eigenvalue weighted by Gasteiger charge is -2.13. The van der Waals surface area contributed by atoms with Crippen molar-refractivity contribution < 1.29 is 18.3 Å². The van der Waals surface area contributed by atoms with Crippen LogP contribution in [0.1, 0.15) is 0 Å². The van der Waals surface area contributed by atoms with Gasteiger partial charge in [-0.25, -0.2) is 8.42 Å². The Morgan fingerprint density at radius 1 is 1.42 bits per heavy atom. The molecule has 0 saturated heterocycles. The molecular weight excluding hydrogens is 334 g/mol. The summed E-state index contributed by atoms with van der Waals surface area (Å²) in [4.78, 5) is 0.200. The van der Waals surface area contributed by atoms with Crippen molar-refractivity contribution in [2.75, 3.05) is 32.6 Å². The van der Waals surface area contributed by atoms with E-state index in [0.29, 0.717) is 17.6 Å². The maximum absolute atomic E-state index is 12.1. The molecular formula is C12H18BrNO4S. The Balaban J connectivity index is 2.58. The monoisotopic (exact) mass is 351 g/mol. The van der Waals surface area contributed by atoms with Gasteiger partial charge in [-0.15, -0.1) is 0 Å². The second kappa shape index (κ2) is 7.96. The van der Waals surface area contributed by atoms with E-state index >= 15 is 0 Å². The van der Waals surface area contributed by atoms with E-state index in [1.807, 2.05) is 0 Å². The number of hydrogen-bond donors (Lipinski definition) is 2. The Morgan fingerprint density at radius 3 is 2.74 bits per heavy atom. The fourth-order valence-electron chi connectivity index (χ4n) is 1.54. The second-order valence-corrected chi connectivity index (χ2v) is 6.92. The molecule has 1 atom stereocenters. The van der Waals surface area contributed by atoms with E-state index in [4.69, 9.17) is 4.74 Å². The minimum atomic E-state index is -3.50. The first-order valence-corrected chi connectivity index (χ1v) is 8.27. The summed E-state index contributed by atoms with van der Waals surface area (Å²) in [5.41, 5.74) is 0. The predicted molar refractivity (Wildman–Crippen MR) is 76.9 cm³/mol. The lowest BCUT2D eigenvalue weighted by atomic mass is 10.4. The molecule has 0 aliphatic carbocycles. The number of methoxy groups -OCH3 is 1. The standard InChI is InChI=1S/C12H18BrNO4S/c1-18-7-6-14-8-10(15)9-19(16,17)12-5-3-2-4-11(12)13/h2-5,10,14-15H,6-9H2,1H3. The summed E-state index contributed by atoms with van der Waals surface area (Å²) in [5.74, 6) is -0.310. The molecule has 0 aliphatic heterocycles. The smallest absolute Gasteiger partial charge is 0.182 e. The van der Waals surface area contributed by atoms with Crippen LogP contribution in [0.5, 0.6) is 0 Å². The molecule has 1 unspecified atom stereocenters. The number of sulfone groups is 1. The highest BCUT2D eigenvalue weighted by atomic mass is 79.9. The van der Waals surface area contributed by atoms with E-state index in [9.17, 15) is 13.5 Å². The van der Waals surface area contributed by atoms with Crippen molar-refractivity contribution in [2.45, 2.75) is 11.0 Å². The Kier molecular flexibility index (Phi) is 6.95. The number of halogens is 1. The highest BCUT2D eigenvalue weighted by Gasteiger charge is 2.21. The highest BCUT2D eigenvalue weighted by Crippen LogP contribution is 2.22. The van der Waals surface area contributed by atoms with Crippen LogP contribution in [-0.2, 0) is 14.6 Å². The lowest BCUT2D eigenvalue weighted by Crippen LogP contribution is -2.34. The number of nitrogens with one attached hydrogen (secondary N) is 1. The van der Waals surface area contributed by atoms with Gasteiger partial charge in [-0.1, -0.05) is 12.1 Å². The van der Waals surface area contributed by atoms with Crippen molar-refractivity contribution >= 4 is 25.8 Å². The van der Waals surface area contributed by atoms with E-state index in [1.165, 1.54) is 6.07 Å². The molecule has 0 radical (unpaired) electrons. The Hall–Kier alpha value is -0.470. The van der Waals surface area contributed by atoms with Gasteiger partial charge in [0.1, 0.15) is 0 Å². The molecule has 0 saturated carbocycles. The minimum Gasteiger partial charge on any atom is -0.391 e. The number of benzene rings is 1. The second-order valence-electron chi connectivity index (χ2n) is 4.06. The van der Waals surface area contributed by atoms with Gasteiger partial charge in [0.2, 0.25) is 0 Å². The summed E-state index contributed by atoms with van der Waals surface area (Å²) < 4.78 is 29.6. The molecule has 1 aromatic rings. The molecule has 0 bridgehead atoms. The van der Waals surface area contributed by atoms with E-state index in [1.54, 1.807) is 25.3 Å². The molecule has 1 aromatic carbocycles. The first-order valence-electron chi connectivity index (χ1n) is 5.82. The van der Waals surface area contributed by atoms with Crippen LogP contribution in [0.4, 0.5) is 0 Å². The molecule has 0 fully saturated rings. The quantitative estimate of drug-likeness (QED) is 0.678. The summed E-state index contributed by atoms with van der Waals surface area (Å²) in [5, 5.41) is 12.7. The first-order chi connectivity index (χ1) is 8.97. The van der Waals surface area contributed by atoms with Gasteiger partial charge in [0.25, 0.3) is 0 Å². The Morgan fingerprint density at radius 2 is 2.11 bits per heavy atom. The summed E-state index contributed by atoms with van der Waals surface area (Å²) >= 11 is 3.20. The molecule has 5 nitrogen and oxygen atoms in total. The van der Waals surface area contributed by atoms with E-state index in [-0.39, 0.29) is 17.2 Å². The molecule has 7 heteroatoms. The van der Waals surface area contributed by atoms with Crippen LogP contribution in [0.25, 0.3) is 0 Å². The third kappa shape index (κ3) is 5.58. The largest absolute Gasteiger partial charge is 0.391 e. The number of ether oxygens (including phenoxy) is 1. The van der Waals surface area contributed by atoms with Crippen LogP contribution in [0.2, 0.25) is 0 Å². The van der Waals surface area contributed by atoms with Gasteiger partial charge in [0.05, 0.1) is 23.4 Å². The Labute approximate surface area is 122 Å². The van der Waals surface area contributed by atoms with Crippen molar-refractivity contribution in [1.82, 2.24) is 5.32 Å². The third-order valence-electron chi connectivity index (χ3n) is 2.45. The molecule has 0 spiro atoms. The predicted octanol–water partition coefficient (Wildman–Crippen LogP) is 0.820.